The van der Waals surface area contributed by atoms with Gasteiger partial charge in [0.15, 0.2) is 0 Å². The van der Waals surface area contributed by atoms with Gasteiger partial charge in [0, 0.05) is 5.56 Å². The zero-order valence-electron chi connectivity index (χ0n) is 8.29. The molecule has 1 rings (SSSR count). The molecule has 0 atom stereocenters. The fraction of sp³-hybridized carbons (Fsp3) is 0.300. The predicted molar refractivity (Wildman–Crippen MR) is 54.2 cm³/mol. The van der Waals surface area contributed by atoms with Crippen molar-refractivity contribution in [1.29, 1.82) is 0 Å². The third kappa shape index (κ3) is 3.25. The summed E-state index contributed by atoms with van der Waals surface area (Å²) in [5.74, 6) is 4.73. The average Bonchev–Trinajstić information content (AvgIpc) is 2.20. The number of carbonyl (C=O) groups is 1. The van der Waals surface area contributed by atoms with E-state index in [-0.39, 0.29) is 5.91 Å². The van der Waals surface area contributed by atoms with Gasteiger partial charge in [0.05, 0.1) is 0 Å². The topological polar surface area (TPSA) is 55.1 Å². The number of nitrogens with two attached hydrogens (primary N) is 1. The van der Waals surface area contributed by atoms with Crippen molar-refractivity contribution < 1.29 is 4.79 Å². The van der Waals surface area contributed by atoms with Crippen molar-refractivity contribution in [2.45, 2.75) is 20.8 Å². The molecule has 1 aromatic carbocycles. The highest BCUT2D eigenvalue weighted by atomic mass is 16.2. The van der Waals surface area contributed by atoms with Crippen molar-refractivity contribution in [2.24, 2.45) is 5.84 Å². The summed E-state index contributed by atoms with van der Waals surface area (Å²) in [5, 5.41) is 0. The predicted octanol–water partition coefficient (Wildman–Crippen LogP) is 1.62. The summed E-state index contributed by atoms with van der Waals surface area (Å²) in [7, 11) is 0. The summed E-state index contributed by atoms with van der Waals surface area (Å²) in [4.78, 5) is 11.0. The number of hydrogen-bond acceptors (Lipinski definition) is 2. The Balaban J connectivity index is 0.000000671. The van der Waals surface area contributed by atoms with E-state index in [1.807, 2.05) is 32.9 Å². The molecule has 0 aliphatic heterocycles. The molecule has 13 heavy (non-hydrogen) atoms. The number of rotatable bonds is 1. The van der Waals surface area contributed by atoms with Crippen molar-refractivity contribution >= 4 is 5.91 Å². The lowest BCUT2D eigenvalue weighted by molar-refractivity contribution is 0.0953. The first kappa shape index (κ1) is 11.6. The SMILES string of the molecule is CC.Cc1ccccc1C(=O)NN. The summed E-state index contributed by atoms with van der Waals surface area (Å²) in [6, 6.07) is 7.28. The second-order valence-electron chi connectivity index (χ2n) is 2.29. The van der Waals surface area contributed by atoms with Gasteiger partial charge in [-0.3, -0.25) is 10.2 Å². The Hall–Kier alpha value is -1.35. The Labute approximate surface area is 78.9 Å². The average molecular weight is 180 g/mol. The standard InChI is InChI=1S/C8H10N2O.C2H6/c1-6-4-2-3-5-7(6)8(11)10-9;1-2/h2-5H,9H2,1H3,(H,10,11);1-2H3. The maximum atomic E-state index is 11.0. The van der Waals surface area contributed by atoms with Gasteiger partial charge in [-0.2, -0.15) is 0 Å². The number of hydrogen-bond donors (Lipinski definition) is 2. The molecular weight excluding hydrogens is 164 g/mol. The molecule has 0 aliphatic rings. The van der Waals surface area contributed by atoms with Gasteiger partial charge in [-0.15, -0.1) is 0 Å². The number of nitrogen functional groups attached to an aromatic ring is 1. The first-order chi connectivity index (χ1) is 6.25. The van der Waals surface area contributed by atoms with Crippen LogP contribution in [0.1, 0.15) is 29.8 Å². The smallest absolute Gasteiger partial charge is 0.265 e. The van der Waals surface area contributed by atoms with Crippen LogP contribution in [0.15, 0.2) is 24.3 Å². The van der Waals surface area contributed by atoms with Gasteiger partial charge in [0.2, 0.25) is 0 Å². The Morgan fingerprint density at radius 1 is 1.31 bits per heavy atom. The Bertz CT molecular complexity index is 271. The van der Waals surface area contributed by atoms with Crippen LogP contribution in [0, 0.1) is 6.92 Å². The Morgan fingerprint density at radius 2 is 1.85 bits per heavy atom. The van der Waals surface area contributed by atoms with Crippen molar-refractivity contribution in [3.63, 3.8) is 0 Å². The molecule has 0 aromatic heterocycles. The van der Waals surface area contributed by atoms with Gasteiger partial charge < -0.3 is 0 Å². The monoisotopic (exact) mass is 180 g/mol. The van der Waals surface area contributed by atoms with Crippen LogP contribution in [0.5, 0.6) is 0 Å². The number of carbonyl (C=O) groups excluding carboxylic acids is 1. The van der Waals surface area contributed by atoms with Crippen LogP contribution in [0.25, 0.3) is 0 Å². The zero-order valence-corrected chi connectivity index (χ0v) is 8.29. The lowest BCUT2D eigenvalue weighted by atomic mass is 10.1. The van der Waals surface area contributed by atoms with Crippen LogP contribution in [0.2, 0.25) is 0 Å². The molecule has 0 spiro atoms. The highest BCUT2D eigenvalue weighted by Gasteiger charge is 2.04. The molecule has 1 amide bonds. The van der Waals surface area contributed by atoms with Crippen LogP contribution in [-0.2, 0) is 0 Å². The van der Waals surface area contributed by atoms with Gasteiger partial charge in [-0.05, 0) is 18.6 Å². The van der Waals surface area contributed by atoms with Gasteiger partial charge >= 0.3 is 0 Å². The minimum absolute atomic E-state index is 0.247. The summed E-state index contributed by atoms with van der Waals surface area (Å²) in [6.07, 6.45) is 0. The lowest BCUT2D eigenvalue weighted by Gasteiger charge is -2.01. The molecule has 0 saturated carbocycles. The Morgan fingerprint density at radius 3 is 2.31 bits per heavy atom. The van der Waals surface area contributed by atoms with Gasteiger partial charge in [-0.25, -0.2) is 5.84 Å². The first-order valence-corrected chi connectivity index (χ1v) is 4.32. The van der Waals surface area contributed by atoms with Crippen LogP contribution in [0.4, 0.5) is 0 Å². The van der Waals surface area contributed by atoms with E-state index in [1.54, 1.807) is 12.1 Å². The summed E-state index contributed by atoms with van der Waals surface area (Å²) >= 11 is 0. The van der Waals surface area contributed by atoms with Gasteiger partial charge in [0.25, 0.3) is 5.91 Å². The van der Waals surface area contributed by atoms with E-state index in [0.29, 0.717) is 5.56 Å². The molecule has 3 heteroatoms. The summed E-state index contributed by atoms with van der Waals surface area (Å²) < 4.78 is 0. The van der Waals surface area contributed by atoms with Crippen LogP contribution in [0.3, 0.4) is 0 Å². The molecule has 1 aromatic rings. The van der Waals surface area contributed by atoms with Crippen LogP contribution in [-0.4, -0.2) is 5.91 Å². The normalized spacial score (nSPS) is 8.31. The van der Waals surface area contributed by atoms with E-state index in [1.165, 1.54) is 0 Å². The second-order valence-corrected chi connectivity index (χ2v) is 2.29. The Kier molecular flexibility index (Phi) is 5.55. The van der Waals surface area contributed by atoms with Crippen LogP contribution >= 0.6 is 0 Å². The molecular formula is C10H16N2O. The molecule has 0 unspecified atom stereocenters. The van der Waals surface area contributed by atoms with Crippen molar-refractivity contribution in [2.75, 3.05) is 0 Å². The molecule has 0 radical (unpaired) electrons. The summed E-state index contributed by atoms with van der Waals surface area (Å²) in [5.41, 5.74) is 3.63. The first-order valence-electron chi connectivity index (χ1n) is 4.32. The zero-order chi connectivity index (χ0) is 10.3. The highest BCUT2D eigenvalue weighted by molar-refractivity contribution is 5.95. The van der Waals surface area contributed by atoms with Crippen molar-refractivity contribution in [1.82, 2.24) is 5.43 Å². The molecule has 0 bridgehead atoms. The lowest BCUT2D eigenvalue weighted by Crippen LogP contribution is -2.30. The largest absolute Gasteiger partial charge is 0.290 e. The van der Waals surface area contributed by atoms with Crippen LogP contribution < -0.4 is 11.3 Å². The van der Waals surface area contributed by atoms with Crippen molar-refractivity contribution in [3.05, 3.63) is 35.4 Å². The minimum atomic E-state index is -0.247. The molecule has 0 aliphatic carbocycles. The van der Waals surface area contributed by atoms with E-state index in [4.69, 9.17) is 5.84 Å². The molecule has 0 fully saturated rings. The molecule has 0 saturated heterocycles. The van der Waals surface area contributed by atoms with Crippen molar-refractivity contribution in [3.8, 4) is 0 Å². The molecule has 72 valence electrons. The number of hydrazine groups is 1. The van der Waals surface area contributed by atoms with E-state index in [2.05, 4.69) is 5.43 Å². The third-order valence-corrected chi connectivity index (χ3v) is 1.52. The maximum absolute atomic E-state index is 11.0. The number of aryl methyl sites for hydroxylation is 1. The third-order valence-electron chi connectivity index (χ3n) is 1.52. The fourth-order valence-corrected chi connectivity index (χ4v) is 0.905. The van der Waals surface area contributed by atoms with E-state index in [0.717, 1.165) is 5.56 Å². The van der Waals surface area contributed by atoms with Gasteiger partial charge in [-0.1, -0.05) is 32.0 Å². The summed E-state index contributed by atoms with van der Waals surface area (Å²) in [6.45, 7) is 5.87. The van der Waals surface area contributed by atoms with E-state index >= 15 is 0 Å². The minimum Gasteiger partial charge on any atom is -0.290 e. The molecule has 3 nitrogen and oxygen atoms in total. The molecule has 3 N–H and O–H groups in total. The second kappa shape index (κ2) is 6.20. The number of benzene rings is 1. The maximum Gasteiger partial charge on any atom is 0.265 e. The van der Waals surface area contributed by atoms with E-state index in [9.17, 15) is 4.79 Å². The quantitative estimate of drug-likeness (QED) is 0.392. The number of amides is 1. The highest BCUT2D eigenvalue weighted by Crippen LogP contribution is 2.05. The number of nitrogens with one attached hydrogen (secondary N) is 1. The van der Waals surface area contributed by atoms with Gasteiger partial charge in [0.1, 0.15) is 0 Å². The van der Waals surface area contributed by atoms with E-state index < -0.39 is 0 Å². The molecule has 0 heterocycles. The fourth-order valence-electron chi connectivity index (χ4n) is 0.905.